The minimum atomic E-state index is -3.70. The van der Waals surface area contributed by atoms with Crippen LogP contribution in [-0.4, -0.2) is 98.0 Å². The molecule has 14 heteroatoms. The third-order valence-corrected chi connectivity index (χ3v) is 9.68. The highest BCUT2D eigenvalue weighted by molar-refractivity contribution is 7.89. The Morgan fingerprint density at radius 3 is 1.98 bits per heavy atom. The molecule has 48 heavy (non-hydrogen) atoms. The van der Waals surface area contributed by atoms with E-state index in [4.69, 9.17) is 37.4 Å². The number of rotatable bonds is 18. The van der Waals surface area contributed by atoms with E-state index in [1.165, 1.54) is 0 Å². The average Bonchev–Trinajstić information content (AvgIpc) is 3.07. The number of carbonyl (C=O) groups excluding carboxylic acids is 2. The molecule has 0 fully saturated rings. The maximum Gasteiger partial charge on any atom is 0.251 e. The van der Waals surface area contributed by atoms with Crippen LogP contribution in [0.3, 0.4) is 0 Å². The zero-order chi connectivity index (χ0) is 34.5. The molecule has 3 N–H and O–H groups in total. The highest BCUT2D eigenvalue weighted by Crippen LogP contribution is 2.38. The molecule has 0 aliphatic carbocycles. The van der Waals surface area contributed by atoms with Crippen molar-refractivity contribution in [2.75, 3.05) is 72.9 Å². The zero-order valence-corrected chi connectivity index (χ0v) is 29.4. The van der Waals surface area contributed by atoms with E-state index in [-0.39, 0.29) is 35.8 Å². The van der Waals surface area contributed by atoms with Crippen LogP contribution >= 0.6 is 23.2 Å². The summed E-state index contributed by atoms with van der Waals surface area (Å²) in [5.41, 5.74) is 4.04. The molecule has 260 valence electrons. The van der Waals surface area contributed by atoms with Gasteiger partial charge in [-0.3, -0.25) is 9.59 Å². The fraction of sp³-hybridized carbons (Fsp3) is 0.412. The quantitative estimate of drug-likeness (QED) is 0.168. The van der Waals surface area contributed by atoms with Crippen LogP contribution in [0.1, 0.15) is 50.2 Å². The highest BCUT2D eigenvalue weighted by Gasteiger charge is 2.27. The van der Waals surface area contributed by atoms with Crippen LogP contribution in [0, 0.1) is 0 Å². The Kier molecular flexibility index (Phi) is 14.6. The van der Waals surface area contributed by atoms with Gasteiger partial charge in [0.25, 0.3) is 11.8 Å². The van der Waals surface area contributed by atoms with Crippen molar-refractivity contribution in [2.24, 2.45) is 0 Å². The van der Waals surface area contributed by atoms with Crippen molar-refractivity contribution in [1.82, 2.24) is 20.3 Å². The second-order valence-corrected chi connectivity index (χ2v) is 13.8. The molecule has 4 rings (SSSR count). The SMILES string of the molecule is CCNC(=O)c1ccc(C(=O)NCCOCCOCCOCCNS(=O)(=O)c2ccc(C3CN(C)Cc4c(Cl)cc(Cl)cc43)cc2)cc1. The van der Waals surface area contributed by atoms with Gasteiger partial charge in [0, 0.05) is 59.8 Å². The smallest absolute Gasteiger partial charge is 0.251 e. The number of fused-ring (bicyclic) bond motifs is 1. The molecule has 0 saturated heterocycles. The van der Waals surface area contributed by atoms with E-state index >= 15 is 0 Å². The summed E-state index contributed by atoms with van der Waals surface area (Å²) in [7, 11) is -1.68. The van der Waals surface area contributed by atoms with E-state index in [1.54, 1.807) is 42.5 Å². The highest BCUT2D eigenvalue weighted by atomic mass is 35.5. The first-order valence-corrected chi connectivity index (χ1v) is 18.0. The van der Waals surface area contributed by atoms with Crippen LogP contribution in [0.5, 0.6) is 0 Å². The Morgan fingerprint density at radius 1 is 0.812 bits per heavy atom. The van der Waals surface area contributed by atoms with Crippen LogP contribution < -0.4 is 15.4 Å². The van der Waals surface area contributed by atoms with Gasteiger partial charge in [0.2, 0.25) is 10.0 Å². The van der Waals surface area contributed by atoms with Crippen molar-refractivity contribution in [3.63, 3.8) is 0 Å². The first-order valence-electron chi connectivity index (χ1n) is 15.7. The first-order chi connectivity index (χ1) is 23.1. The normalized spacial score (nSPS) is 14.8. The first kappa shape index (κ1) is 37.7. The summed E-state index contributed by atoms with van der Waals surface area (Å²) in [5.74, 6) is -0.407. The van der Waals surface area contributed by atoms with Gasteiger partial charge in [0.05, 0.1) is 44.5 Å². The Morgan fingerprint density at radius 2 is 1.38 bits per heavy atom. The average molecular weight is 722 g/mol. The number of sulfonamides is 1. The summed E-state index contributed by atoms with van der Waals surface area (Å²) in [4.78, 5) is 26.4. The van der Waals surface area contributed by atoms with E-state index in [9.17, 15) is 18.0 Å². The summed E-state index contributed by atoms with van der Waals surface area (Å²) in [5, 5.41) is 6.69. The topological polar surface area (TPSA) is 135 Å². The number of carbonyl (C=O) groups is 2. The molecule has 1 aliphatic heterocycles. The van der Waals surface area contributed by atoms with Gasteiger partial charge in [-0.15, -0.1) is 0 Å². The number of likely N-dealkylation sites (N-methyl/N-ethyl adjacent to an activating group) is 1. The van der Waals surface area contributed by atoms with E-state index in [2.05, 4.69) is 20.3 Å². The molecule has 11 nitrogen and oxygen atoms in total. The molecule has 2 amide bonds. The van der Waals surface area contributed by atoms with Crippen molar-refractivity contribution in [3.05, 3.63) is 98.5 Å². The number of nitrogens with one attached hydrogen (secondary N) is 3. The molecule has 0 aromatic heterocycles. The van der Waals surface area contributed by atoms with E-state index in [0.29, 0.717) is 67.3 Å². The minimum Gasteiger partial charge on any atom is -0.378 e. The molecule has 3 aromatic rings. The molecule has 0 spiro atoms. The van der Waals surface area contributed by atoms with Gasteiger partial charge in [-0.25, -0.2) is 13.1 Å². The van der Waals surface area contributed by atoms with Crippen LogP contribution in [0.2, 0.25) is 10.0 Å². The van der Waals surface area contributed by atoms with Crippen molar-refractivity contribution >= 4 is 45.0 Å². The molecule has 0 radical (unpaired) electrons. The van der Waals surface area contributed by atoms with E-state index < -0.39 is 10.0 Å². The maximum absolute atomic E-state index is 12.8. The number of hydrogen-bond acceptors (Lipinski definition) is 8. The number of ether oxygens (including phenoxy) is 3. The fourth-order valence-electron chi connectivity index (χ4n) is 5.26. The van der Waals surface area contributed by atoms with Crippen LogP contribution in [-0.2, 0) is 30.8 Å². The van der Waals surface area contributed by atoms with Crippen LogP contribution in [0.15, 0.2) is 65.6 Å². The third kappa shape index (κ3) is 11.0. The summed E-state index contributed by atoms with van der Waals surface area (Å²) >= 11 is 12.8. The van der Waals surface area contributed by atoms with Crippen molar-refractivity contribution in [3.8, 4) is 0 Å². The zero-order valence-electron chi connectivity index (χ0n) is 27.1. The van der Waals surface area contributed by atoms with Gasteiger partial charge in [0.1, 0.15) is 0 Å². The second kappa shape index (κ2) is 18.6. The number of amides is 2. The van der Waals surface area contributed by atoms with E-state index in [1.807, 2.05) is 32.2 Å². The van der Waals surface area contributed by atoms with Gasteiger partial charge in [-0.05, 0) is 79.2 Å². The van der Waals surface area contributed by atoms with Crippen molar-refractivity contribution in [1.29, 1.82) is 0 Å². The summed E-state index contributed by atoms with van der Waals surface area (Å²) in [6.45, 7) is 6.16. The predicted molar refractivity (Wildman–Crippen MR) is 186 cm³/mol. The fourth-order valence-corrected chi connectivity index (χ4v) is 6.84. The second-order valence-electron chi connectivity index (χ2n) is 11.2. The number of benzene rings is 3. The molecular formula is C34H42Cl2N4O7S. The predicted octanol–water partition coefficient (Wildman–Crippen LogP) is 4.08. The Labute approximate surface area is 292 Å². The van der Waals surface area contributed by atoms with Crippen LogP contribution in [0.25, 0.3) is 0 Å². The van der Waals surface area contributed by atoms with Gasteiger partial charge < -0.3 is 29.7 Å². The lowest BCUT2D eigenvalue weighted by atomic mass is 9.85. The Bertz CT molecular complexity index is 1620. The monoisotopic (exact) mass is 720 g/mol. The summed E-state index contributed by atoms with van der Waals surface area (Å²) in [6.07, 6.45) is 0. The lowest BCUT2D eigenvalue weighted by Gasteiger charge is -2.33. The molecule has 0 saturated carbocycles. The third-order valence-electron chi connectivity index (χ3n) is 7.65. The van der Waals surface area contributed by atoms with Gasteiger partial charge in [-0.2, -0.15) is 0 Å². The lowest BCUT2D eigenvalue weighted by Crippen LogP contribution is -2.31. The number of nitrogens with zero attached hydrogens (tertiary/aromatic N) is 1. The summed E-state index contributed by atoms with van der Waals surface area (Å²) < 4.78 is 44.6. The number of halogens is 2. The largest absolute Gasteiger partial charge is 0.378 e. The molecule has 1 unspecified atom stereocenters. The molecule has 1 aliphatic rings. The molecule has 1 atom stereocenters. The summed E-state index contributed by atoms with van der Waals surface area (Å²) in [6, 6.07) is 17.0. The van der Waals surface area contributed by atoms with Crippen molar-refractivity contribution in [2.45, 2.75) is 24.3 Å². The molecular weight excluding hydrogens is 679 g/mol. The lowest BCUT2D eigenvalue weighted by molar-refractivity contribution is 0.0162. The van der Waals surface area contributed by atoms with E-state index in [0.717, 1.165) is 29.8 Å². The molecule has 0 bridgehead atoms. The van der Waals surface area contributed by atoms with Gasteiger partial charge in [-0.1, -0.05) is 35.3 Å². The Hall–Kier alpha value is -3.07. The van der Waals surface area contributed by atoms with Gasteiger partial charge in [0.15, 0.2) is 0 Å². The van der Waals surface area contributed by atoms with Crippen LogP contribution in [0.4, 0.5) is 0 Å². The number of hydrogen-bond donors (Lipinski definition) is 3. The Balaban J connectivity index is 1.05. The maximum atomic E-state index is 12.8. The standard InChI is InChI=1S/C34H42Cl2N4O7S/c1-3-37-33(41)25-4-6-26(7-5-25)34(42)38-12-14-45-16-18-47-19-17-46-15-13-39-48(43,44)28-10-8-24(9-11-28)30-22-40(2)23-31-29(30)20-27(35)21-32(31)36/h4-11,20-21,30,39H,3,12-19,22-23H2,1-2H3,(H,37,41)(H,38,42). The van der Waals surface area contributed by atoms with Crippen molar-refractivity contribution < 1.29 is 32.2 Å². The van der Waals surface area contributed by atoms with Gasteiger partial charge >= 0.3 is 0 Å². The molecule has 1 heterocycles. The minimum absolute atomic E-state index is 0.0208. The molecule has 3 aromatic carbocycles.